The molecule has 0 atom stereocenters. The Labute approximate surface area is 207 Å². The van der Waals surface area contributed by atoms with Crippen LogP contribution in [0.4, 0.5) is 11.4 Å². The highest BCUT2D eigenvalue weighted by Crippen LogP contribution is 2.23. The number of benzene rings is 4. The number of fused-ring (bicyclic) bond motifs is 1. The summed E-state index contributed by atoms with van der Waals surface area (Å²) in [7, 11) is 1.55. The molecule has 2 N–H and O–H groups in total. The van der Waals surface area contributed by atoms with Crippen molar-refractivity contribution in [1.82, 2.24) is 0 Å². The molecule has 4 aromatic rings. The molecule has 0 radical (unpaired) electrons. The van der Waals surface area contributed by atoms with Crippen molar-refractivity contribution >= 4 is 39.9 Å². The highest BCUT2D eigenvalue weighted by molar-refractivity contribution is 6.03. The Morgan fingerprint density at radius 2 is 1.44 bits per heavy atom. The van der Waals surface area contributed by atoms with Crippen LogP contribution in [0.25, 0.3) is 10.8 Å². The van der Waals surface area contributed by atoms with Crippen molar-refractivity contribution < 1.29 is 28.6 Å². The minimum absolute atomic E-state index is 0.213. The number of amides is 2. The third kappa shape index (κ3) is 6.38. The lowest BCUT2D eigenvalue weighted by Gasteiger charge is -2.10. The summed E-state index contributed by atoms with van der Waals surface area (Å²) in [5.41, 5.74) is 1.48. The lowest BCUT2D eigenvalue weighted by Crippen LogP contribution is -2.21. The highest BCUT2D eigenvalue weighted by atomic mass is 16.5. The lowest BCUT2D eigenvalue weighted by molar-refractivity contribution is -0.119. The van der Waals surface area contributed by atoms with Gasteiger partial charge in [-0.15, -0.1) is 0 Å². The van der Waals surface area contributed by atoms with Crippen molar-refractivity contribution in [2.24, 2.45) is 0 Å². The molecular weight excluding hydrogens is 460 g/mol. The van der Waals surface area contributed by atoms with Crippen LogP contribution in [-0.4, -0.2) is 38.1 Å². The second-order valence-corrected chi connectivity index (χ2v) is 7.74. The predicted molar refractivity (Wildman–Crippen MR) is 136 cm³/mol. The molecule has 2 amide bonds. The van der Waals surface area contributed by atoms with Gasteiger partial charge in [0, 0.05) is 22.8 Å². The Morgan fingerprint density at radius 1 is 0.722 bits per heavy atom. The van der Waals surface area contributed by atoms with Crippen LogP contribution < -0.4 is 20.1 Å². The Hall–Kier alpha value is -4.85. The molecule has 0 aliphatic heterocycles. The topological polar surface area (TPSA) is 103 Å². The summed E-state index contributed by atoms with van der Waals surface area (Å²) >= 11 is 0. The zero-order chi connectivity index (χ0) is 25.3. The van der Waals surface area contributed by atoms with Gasteiger partial charge in [0.15, 0.2) is 13.2 Å². The van der Waals surface area contributed by atoms with Gasteiger partial charge in [0.05, 0.1) is 12.7 Å². The van der Waals surface area contributed by atoms with Gasteiger partial charge < -0.3 is 24.8 Å². The minimum atomic E-state index is -0.648. The Bertz CT molecular complexity index is 1380. The number of nitrogens with one attached hydrogen (secondary N) is 2. The van der Waals surface area contributed by atoms with Gasteiger partial charge in [0.25, 0.3) is 11.8 Å². The van der Waals surface area contributed by atoms with E-state index in [1.54, 1.807) is 49.6 Å². The zero-order valence-electron chi connectivity index (χ0n) is 19.5. The number of esters is 1. The monoisotopic (exact) mass is 484 g/mol. The molecule has 0 saturated carbocycles. The van der Waals surface area contributed by atoms with Crippen molar-refractivity contribution in [1.29, 1.82) is 0 Å². The number of carbonyl (C=O) groups excluding carboxylic acids is 3. The summed E-state index contributed by atoms with van der Waals surface area (Å²) in [6, 6.07) is 26.3. The summed E-state index contributed by atoms with van der Waals surface area (Å²) in [5.74, 6) is -0.403. The number of ether oxygens (including phenoxy) is 3. The lowest BCUT2D eigenvalue weighted by atomic mass is 10.1. The van der Waals surface area contributed by atoms with Crippen LogP contribution in [0.2, 0.25) is 0 Å². The number of anilines is 2. The first-order chi connectivity index (χ1) is 17.5. The average molecular weight is 485 g/mol. The second kappa shape index (κ2) is 11.5. The van der Waals surface area contributed by atoms with E-state index in [1.165, 1.54) is 12.1 Å². The van der Waals surface area contributed by atoms with E-state index in [1.807, 2.05) is 36.4 Å². The molecule has 182 valence electrons. The highest BCUT2D eigenvalue weighted by Gasteiger charge is 2.12. The maximum atomic E-state index is 12.3. The molecule has 8 heteroatoms. The molecular formula is C28H24N2O6. The third-order valence-electron chi connectivity index (χ3n) is 5.21. The molecule has 0 spiro atoms. The summed E-state index contributed by atoms with van der Waals surface area (Å²) in [6.07, 6.45) is 0. The average Bonchev–Trinajstić information content (AvgIpc) is 2.91. The minimum Gasteiger partial charge on any atom is -0.497 e. The number of rotatable bonds is 9. The van der Waals surface area contributed by atoms with E-state index in [0.717, 1.165) is 10.8 Å². The van der Waals surface area contributed by atoms with E-state index in [9.17, 15) is 14.4 Å². The van der Waals surface area contributed by atoms with Gasteiger partial charge in [-0.3, -0.25) is 9.59 Å². The van der Waals surface area contributed by atoms with E-state index in [2.05, 4.69) is 10.6 Å². The third-order valence-corrected chi connectivity index (χ3v) is 5.21. The fourth-order valence-electron chi connectivity index (χ4n) is 3.47. The first-order valence-electron chi connectivity index (χ1n) is 11.1. The molecule has 0 aliphatic carbocycles. The van der Waals surface area contributed by atoms with Crippen LogP contribution in [0.15, 0.2) is 91.0 Å². The molecule has 4 rings (SSSR count). The molecule has 8 nitrogen and oxygen atoms in total. The van der Waals surface area contributed by atoms with E-state index >= 15 is 0 Å². The Morgan fingerprint density at radius 3 is 2.25 bits per heavy atom. The molecule has 4 aromatic carbocycles. The number of carbonyl (C=O) groups is 3. The van der Waals surface area contributed by atoms with Crippen LogP contribution >= 0.6 is 0 Å². The smallest absolute Gasteiger partial charge is 0.338 e. The molecule has 36 heavy (non-hydrogen) atoms. The molecule has 0 aromatic heterocycles. The van der Waals surface area contributed by atoms with Gasteiger partial charge in [-0.2, -0.15) is 0 Å². The summed E-state index contributed by atoms with van der Waals surface area (Å²) in [4.78, 5) is 36.8. The largest absolute Gasteiger partial charge is 0.497 e. The molecule has 0 unspecified atom stereocenters. The van der Waals surface area contributed by atoms with Crippen molar-refractivity contribution in [3.05, 3.63) is 96.6 Å². The van der Waals surface area contributed by atoms with Crippen LogP contribution in [0, 0.1) is 0 Å². The molecule has 0 heterocycles. The van der Waals surface area contributed by atoms with Gasteiger partial charge in [0.2, 0.25) is 0 Å². The van der Waals surface area contributed by atoms with Gasteiger partial charge >= 0.3 is 5.97 Å². The molecule has 0 fully saturated rings. The summed E-state index contributed by atoms with van der Waals surface area (Å²) in [6.45, 7) is -0.639. The maximum absolute atomic E-state index is 12.3. The summed E-state index contributed by atoms with van der Waals surface area (Å²) < 4.78 is 15.7. The fraction of sp³-hybridized carbons (Fsp3) is 0.107. The van der Waals surface area contributed by atoms with Gasteiger partial charge in [-0.25, -0.2) is 4.79 Å². The van der Waals surface area contributed by atoms with Gasteiger partial charge in [0.1, 0.15) is 11.5 Å². The van der Waals surface area contributed by atoms with Crippen molar-refractivity contribution in [2.45, 2.75) is 0 Å². The second-order valence-electron chi connectivity index (χ2n) is 7.74. The number of hydrogen-bond acceptors (Lipinski definition) is 6. The van der Waals surface area contributed by atoms with Crippen LogP contribution in [0.5, 0.6) is 11.5 Å². The maximum Gasteiger partial charge on any atom is 0.338 e. The van der Waals surface area contributed by atoms with Crippen LogP contribution in [0.1, 0.15) is 10.4 Å². The number of methoxy groups -OCH3 is 1. The quantitative estimate of drug-likeness (QED) is 0.335. The first kappa shape index (κ1) is 24.3. The molecule has 0 bridgehead atoms. The van der Waals surface area contributed by atoms with E-state index < -0.39 is 18.5 Å². The molecule has 0 saturated heterocycles. The zero-order valence-corrected chi connectivity index (χ0v) is 19.5. The Kier molecular flexibility index (Phi) is 7.77. The number of hydrogen-bond donors (Lipinski definition) is 2. The van der Waals surface area contributed by atoms with Crippen molar-refractivity contribution in [3.63, 3.8) is 0 Å². The standard InChI is InChI=1S/C28H24N2O6/c1-34-23-9-5-8-21(16-23)29-26(31)17-35-22-14-12-20(13-15-22)28(33)36-18-27(32)30-25-11-4-7-19-6-2-3-10-24(19)25/h2-16H,17-18H2,1H3,(H,29,31)(H,30,32). The van der Waals surface area contributed by atoms with E-state index in [4.69, 9.17) is 14.2 Å². The van der Waals surface area contributed by atoms with Crippen molar-refractivity contribution in [2.75, 3.05) is 31.0 Å². The first-order valence-corrected chi connectivity index (χ1v) is 11.1. The predicted octanol–water partition coefficient (Wildman–Crippen LogP) is 4.66. The normalized spacial score (nSPS) is 10.4. The van der Waals surface area contributed by atoms with E-state index in [-0.39, 0.29) is 18.1 Å². The van der Waals surface area contributed by atoms with Gasteiger partial charge in [-0.05, 0) is 47.9 Å². The summed E-state index contributed by atoms with van der Waals surface area (Å²) in [5, 5.41) is 7.37. The van der Waals surface area contributed by atoms with Crippen LogP contribution in [0.3, 0.4) is 0 Å². The SMILES string of the molecule is COc1cccc(NC(=O)COc2ccc(C(=O)OCC(=O)Nc3cccc4ccccc34)cc2)c1. The Balaban J connectivity index is 1.24. The fourth-order valence-corrected chi connectivity index (χ4v) is 3.47. The van der Waals surface area contributed by atoms with Crippen LogP contribution in [-0.2, 0) is 14.3 Å². The van der Waals surface area contributed by atoms with Crippen molar-refractivity contribution in [3.8, 4) is 11.5 Å². The molecule has 0 aliphatic rings. The van der Waals surface area contributed by atoms with Gasteiger partial charge in [-0.1, -0.05) is 42.5 Å². The van der Waals surface area contributed by atoms with E-state index in [0.29, 0.717) is 22.9 Å².